The molecular weight excluding hydrogens is 522 g/mol. The highest BCUT2D eigenvalue weighted by molar-refractivity contribution is 14.1. The SMILES string of the molecule is COc1c(F)cc([SH]2c3ccccc3-c3ccccc32)cc1OCc1ccc(I)cc1. The Morgan fingerprint density at radius 2 is 1.45 bits per heavy atom. The van der Waals surface area contributed by atoms with Gasteiger partial charge in [0.25, 0.3) is 0 Å². The second kappa shape index (κ2) is 8.55. The molecule has 0 aromatic heterocycles. The first-order chi connectivity index (χ1) is 15.2. The zero-order valence-electron chi connectivity index (χ0n) is 16.8. The second-order valence-corrected chi connectivity index (χ2v) is 10.6. The van der Waals surface area contributed by atoms with Crippen LogP contribution in [0.4, 0.5) is 4.39 Å². The summed E-state index contributed by atoms with van der Waals surface area (Å²) in [6, 6.07) is 28.4. The number of methoxy groups -OCH3 is 1. The molecule has 0 amide bonds. The number of rotatable bonds is 5. The molecule has 0 atom stereocenters. The van der Waals surface area contributed by atoms with E-state index < -0.39 is 16.7 Å². The predicted octanol–water partition coefficient (Wildman–Crippen LogP) is 7.48. The van der Waals surface area contributed by atoms with E-state index in [1.54, 1.807) is 6.07 Å². The van der Waals surface area contributed by atoms with Crippen LogP contribution in [0.3, 0.4) is 0 Å². The molecule has 2 nitrogen and oxygen atoms in total. The summed E-state index contributed by atoms with van der Waals surface area (Å²) in [6.45, 7) is 0.348. The molecule has 1 heterocycles. The van der Waals surface area contributed by atoms with E-state index in [1.807, 2.05) is 42.5 Å². The molecule has 0 saturated carbocycles. The average Bonchev–Trinajstić information content (AvgIpc) is 3.13. The Hall–Kier alpha value is -2.51. The zero-order valence-corrected chi connectivity index (χ0v) is 19.9. The summed E-state index contributed by atoms with van der Waals surface area (Å²) < 4.78 is 27.7. The largest absolute Gasteiger partial charge is 0.490 e. The molecule has 0 spiro atoms. The van der Waals surface area contributed by atoms with Crippen LogP contribution in [-0.4, -0.2) is 7.11 Å². The fraction of sp³-hybridized carbons (Fsp3) is 0.0769. The Labute approximate surface area is 197 Å². The fourth-order valence-corrected chi connectivity index (χ4v) is 6.94. The third kappa shape index (κ3) is 3.81. The van der Waals surface area contributed by atoms with Crippen LogP contribution >= 0.6 is 33.5 Å². The minimum Gasteiger partial charge on any atom is -0.490 e. The third-order valence-corrected chi connectivity index (χ3v) is 8.58. The van der Waals surface area contributed by atoms with Gasteiger partial charge in [0.15, 0.2) is 17.3 Å². The van der Waals surface area contributed by atoms with Gasteiger partial charge in [-0.05, 0) is 75.7 Å². The molecule has 4 aromatic carbocycles. The minimum absolute atomic E-state index is 0.144. The van der Waals surface area contributed by atoms with E-state index in [4.69, 9.17) is 9.47 Å². The van der Waals surface area contributed by atoms with Crippen LogP contribution in [-0.2, 0) is 6.61 Å². The van der Waals surface area contributed by atoms with Crippen molar-refractivity contribution in [1.82, 2.24) is 0 Å². The molecule has 0 bridgehead atoms. The van der Waals surface area contributed by atoms with Gasteiger partial charge in [-0.25, -0.2) is 4.39 Å². The lowest BCUT2D eigenvalue weighted by Crippen LogP contribution is -2.00. The van der Waals surface area contributed by atoms with Crippen molar-refractivity contribution in [3.05, 3.63) is 99.9 Å². The van der Waals surface area contributed by atoms with E-state index >= 15 is 4.39 Å². The molecule has 1 aliphatic heterocycles. The van der Waals surface area contributed by atoms with E-state index in [2.05, 4.69) is 59.0 Å². The summed E-state index contributed by atoms with van der Waals surface area (Å²) in [5.74, 6) is 0.174. The quantitative estimate of drug-likeness (QED) is 0.183. The van der Waals surface area contributed by atoms with Gasteiger partial charge in [-0.1, -0.05) is 48.5 Å². The highest BCUT2D eigenvalue weighted by Gasteiger charge is 2.28. The average molecular weight is 542 g/mol. The standard InChI is InChI=1S/C26H20FIO2S/c1-29-26-22(27)14-19(15-23(26)30-16-17-10-12-18(28)13-11-17)31-24-8-4-2-6-20(24)21-7-3-5-9-25(21)31/h2-15,31H,16H2,1H3. The Bertz CT molecular complexity index is 1210. The van der Waals surface area contributed by atoms with Crippen molar-refractivity contribution >= 4 is 33.5 Å². The molecule has 0 fully saturated rings. The molecule has 0 radical (unpaired) electrons. The highest BCUT2D eigenvalue weighted by Crippen LogP contribution is 2.63. The molecule has 0 N–H and O–H groups in total. The van der Waals surface area contributed by atoms with E-state index in [0.29, 0.717) is 12.4 Å². The lowest BCUT2D eigenvalue weighted by atomic mass is 10.1. The van der Waals surface area contributed by atoms with E-state index in [9.17, 15) is 0 Å². The second-order valence-electron chi connectivity index (χ2n) is 7.24. The molecular formula is C26H20FIO2S. The van der Waals surface area contributed by atoms with Gasteiger partial charge in [-0.15, -0.1) is 0 Å². The maximum Gasteiger partial charge on any atom is 0.196 e. The molecule has 0 saturated heterocycles. The van der Waals surface area contributed by atoms with Gasteiger partial charge < -0.3 is 9.47 Å². The first-order valence-electron chi connectivity index (χ1n) is 9.89. The van der Waals surface area contributed by atoms with Crippen molar-refractivity contribution in [3.63, 3.8) is 0 Å². The Kier molecular flexibility index (Phi) is 5.63. The molecule has 0 unspecified atom stereocenters. The molecule has 156 valence electrons. The molecule has 4 aromatic rings. The normalized spacial score (nSPS) is 12.9. The number of fused-ring (bicyclic) bond motifs is 3. The van der Waals surface area contributed by atoms with Crippen LogP contribution in [0, 0.1) is 9.39 Å². The zero-order chi connectivity index (χ0) is 21.4. The Balaban J connectivity index is 1.57. The van der Waals surface area contributed by atoms with Crippen LogP contribution in [0.5, 0.6) is 11.5 Å². The van der Waals surface area contributed by atoms with Crippen molar-refractivity contribution in [2.24, 2.45) is 0 Å². The number of halogens is 2. The van der Waals surface area contributed by atoms with Crippen LogP contribution in [0.1, 0.15) is 5.56 Å². The van der Waals surface area contributed by atoms with Crippen molar-refractivity contribution in [2.75, 3.05) is 7.11 Å². The van der Waals surface area contributed by atoms with Crippen LogP contribution in [0.2, 0.25) is 0 Å². The summed E-state index contributed by atoms with van der Waals surface area (Å²) in [7, 11) is 0.606. The topological polar surface area (TPSA) is 18.5 Å². The number of ether oxygens (including phenoxy) is 2. The smallest absolute Gasteiger partial charge is 0.196 e. The summed E-state index contributed by atoms with van der Waals surface area (Å²) in [5.41, 5.74) is 3.47. The minimum atomic E-state index is -0.868. The van der Waals surface area contributed by atoms with Gasteiger partial charge in [0.1, 0.15) is 6.61 Å². The summed E-state index contributed by atoms with van der Waals surface area (Å²) in [6.07, 6.45) is 0. The van der Waals surface area contributed by atoms with Crippen LogP contribution in [0.15, 0.2) is 99.6 Å². The van der Waals surface area contributed by atoms with E-state index in [-0.39, 0.29) is 5.75 Å². The molecule has 5 rings (SSSR count). The van der Waals surface area contributed by atoms with Crippen molar-refractivity contribution in [3.8, 4) is 22.6 Å². The van der Waals surface area contributed by atoms with Gasteiger partial charge in [-0.3, -0.25) is 0 Å². The van der Waals surface area contributed by atoms with Crippen LogP contribution < -0.4 is 9.47 Å². The lowest BCUT2D eigenvalue weighted by Gasteiger charge is -2.21. The third-order valence-electron chi connectivity index (χ3n) is 5.34. The number of thiol groups is 1. The van der Waals surface area contributed by atoms with Crippen molar-refractivity contribution < 1.29 is 13.9 Å². The summed E-state index contributed by atoms with van der Waals surface area (Å²) >= 11 is 2.27. The number of hydrogen-bond acceptors (Lipinski definition) is 2. The Morgan fingerprint density at radius 3 is 2.06 bits per heavy atom. The molecule has 0 aliphatic carbocycles. The summed E-state index contributed by atoms with van der Waals surface area (Å²) in [4.78, 5) is 3.40. The Morgan fingerprint density at radius 1 is 0.839 bits per heavy atom. The van der Waals surface area contributed by atoms with Gasteiger partial charge in [0.2, 0.25) is 0 Å². The fourth-order valence-electron chi connectivity index (χ4n) is 3.93. The number of hydrogen-bond donors (Lipinski definition) is 1. The highest BCUT2D eigenvalue weighted by atomic mass is 127. The van der Waals surface area contributed by atoms with E-state index in [0.717, 1.165) is 14.0 Å². The van der Waals surface area contributed by atoms with Gasteiger partial charge in [0, 0.05) is 18.3 Å². The monoisotopic (exact) mass is 542 g/mol. The van der Waals surface area contributed by atoms with Crippen LogP contribution in [0.25, 0.3) is 11.1 Å². The summed E-state index contributed by atoms with van der Waals surface area (Å²) in [5, 5.41) is 0. The lowest BCUT2D eigenvalue weighted by molar-refractivity contribution is 0.276. The number of benzene rings is 4. The first-order valence-corrected chi connectivity index (χ1v) is 12.3. The van der Waals surface area contributed by atoms with Crippen molar-refractivity contribution in [2.45, 2.75) is 21.3 Å². The van der Waals surface area contributed by atoms with Crippen molar-refractivity contribution in [1.29, 1.82) is 0 Å². The predicted molar refractivity (Wildman–Crippen MR) is 132 cm³/mol. The first kappa shape index (κ1) is 20.4. The maximum absolute atomic E-state index is 15.1. The molecule has 31 heavy (non-hydrogen) atoms. The van der Waals surface area contributed by atoms with Gasteiger partial charge in [-0.2, -0.15) is 10.9 Å². The van der Waals surface area contributed by atoms with Gasteiger partial charge in [0.05, 0.1) is 7.11 Å². The maximum atomic E-state index is 15.1. The van der Waals surface area contributed by atoms with E-state index in [1.165, 1.54) is 28.0 Å². The molecule has 5 heteroatoms. The molecule has 1 aliphatic rings. The van der Waals surface area contributed by atoms with Gasteiger partial charge >= 0.3 is 0 Å².